The van der Waals surface area contributed by atoms with Crippen LogP contribution in [0.15, 0.2) is 24.3 Å². The average Bonchev–Trinajstić information content (AvgIpc) is 2.01. The van der Waals surface area contributed by atoms with E-state index in [0.29, 0.717) is 0 Å². The maximum atomic E-state index is 11.9. The number of aliphatic hydroxyl groups excluding tert-OH is 1. The van der Waals surface area contributed by atoms with Gasteiger partial charge in [0.2, 0.25) is 0 Å². The summed E-state index contributed by atoms with van der Waals surface area (Å²) in [6.45, 7) is 1.37. The molecular weight excluding hydrogens is 197 g/mol. The van der Waals surface area contributed by atoms with Gasteiger partial charge in [-0.3, -0.25) is 0 Å². The lowest BCUT2D eigenvalue weighted by Gasteiger charge is -2.14. The standard InChI is InChI=1S/C9H9F3O2/c1-6(13)7-4-2-3-5-8(7)14-9(10,11)12/h2-6,13H,1H3/t6-/m0/s1. The number of hydrogen-bond donors (Lipinski definition) is 1. The molecule has 0 spiro atoms. The van der Waals surface area contributed by atoms with E-state index in [9.17, 15) is 13.2 Å². The fourth-order valence-electron chi connectivity index (χ4n) is 1.04. The lowest BCUT2D eigenvalue weighted by atomic mass is 10.1. The van der Waals surface area contributed by atoms with E-state index < -0.39 is 12.5 Å². The Hall–Kier alpha value is -1.23. The molecular formula is C9H9F3O2. The Bertz CT molecular complexity index is 307. The van der Waals surface area contributed by atoms with Crippen molar-refractivity contribution in [2.45, 2.75) is 19.4 Å². The van der Waals surface area contributed by atoms with Gasteiger partial charge in [0, 0.05) is 5.56 Å². The van der Waals surface area contributed by atoms with Gasteiger partial charge in [-0.2, -0.15) is 0 Å². The zero-order valence-corrected chi connectivity index (χ0v) is 7.38. The second-order valence-corrected chi connectivity index (χ2v) is 2.76. The van der Waals surface area contributed by atoms with Gasteiger partial charge in [0.25, 0.3) is 0 Å². The fraction of sp³-hybridized carbons (Fsp3) is 0.333. The average molecular weight is 206 g/mol. The van der Waals surface area contributed by atoms with Crippen molar-refractivity contribution in [3.63, 3.8) is 0 Å². The minimum atomic E-state index is -4.73. The number of halogens is 3. The van der Waals surface area contributed by atoms with Crippen molar-refractivity contribution in [3.8, 4) is 5.75 Å². The Morgan fingerprint density at radius 1 is 1.29 bits per heavy atom. The van der Waals surface area contributed by atoms with Crippen LogP contribution in [0.2, 0.25) is 0 Å². The summed E-state index contributed by atoms with van der Waals surface area (Å²) in [5, 5.41) is 9.15. The van der Waals surface area contributed by atoms with Crippen LogP contribution in [-0.2, 0) is 0 Å². The van der Waals surface area contributed by atoms with Gasteiger partial charge in [-0.1, -0.05) is 18.2 Å². The normalized spacial score (nSPS) is 13.8. The van der Waals surface area contributed by atoms with Crippen LogP contribution >= 0.6 is 0 Å². The molecule has 0 aliphatic heterocycles. The van der Waals surface area contributed by atoms with E-state index in [0.717, 1.165) is 6.07 Å². The van der Waals surface area contributed by atoms with E-state index in [2.05, 4.69) is 4.74 Å². The first-order valence-electron chi connectivity index (χ1n) is 3.93. The van der Waals surface area contributed by atoms with E-state index in [-0.39, 0.29) is 11.3 Å². The second kappa shape index (κ2) is 3.88. The van der Waals surface area contributed by atoms with E-state index in [4.69, 9.17) is 5.11 Å². The monoisotopic (exact) mass is 206 g/mol. The summed E-state index contributed by atoms with van der Waals surface area (Å²) in [4.78, 5) is 0. The number of alkyl halides is 3. The first-order valence-corrected chi connectivity index (χ1v) is 3.93. The molecule has 0 unspecified atom stereocenters. The molecule has 0 saturated heterocycles. The van der Waals surface area contributed by atoms with Crippen molar-refractivity contribution in [1.29, 1.82) is 0 Å². The zero-order valence-electron chi connectivity index (χ0n) is 7.38. The van der Waals surface area contributed by atoms with Crippen LogP contribution in [0.3, 0.4) is 0 Å². The third kappa shape index (κ3) is 2.92. The number of benzene rings is 1. The summed E-state index contributed by atoms with van der Waals surface area (Å²) < 4.78 is 39.4. The topological polar surface area (TPSA) is 29.5 Å². The Balaban J connectivity index is 2.96. The molecule has 0 heterocycles. The molecule has 0 aromatic heterocycles. The molecule has 1 atom stereocenters. The van der Waals surface area contributed by atoms with Crippen LogP contribution in [0.4, 0.5) is 13.2 Å². The van der Waals surface area contributed by atoms with Crippen LogP contribution in [0.25, 0.3) is 0 Å². The van der Waals surface area contributed by atoms with Gasteiger partial charge in [-0.25, -0.2) is 0 Å². The van der Waals surface area contributed by atoms with Crippen LogP contribution in [-0.4, -0.2) is 11.5 Å². The lowest BCUT2D eigenvalue weighted by molar-refractivity contribution is -0.275. The first-order chi connectivity index (χ1) is 6.40. The van der Waals surface area contributed by atoms with Crippen LogP contribution in [0.1, 0.15) is 18.6 Å². The molecule has 1 aromatic carbocycles. The summed E-state index contributed by atoms with van der Waals surface area (Å²) in [6, 6.07) is 5.49. The molecule has 78 valence electrons. The molecule has 0 radical (unpaired) electrons. The molecule has 0 bridgehead atoms. The van der Waals surface area contributed by atoms with Crippen LogP contribution in [0, 0.1) is 0 Å². The van der Waals surface area contributed by atoms with Gasteiger partial charge in [-0.05, 0) is 13.0 Å². The molecule has 0 saturated carbocycles. The largest absolute Gasteiger partial charge is 0.573 e. The number of ether oxygens (including phenoxy) is 1. The summed E-state index contributed by atoms with van der Waals surface area (Å²) in [6.07, 6.45) is -5.72. The predicted molar refractivity (Wildman–Crippen MR) is 43.8 cm³/mol. The first kappa shape index (κ1) is 10.8. The quantitative estimate of drug-likeness (QED) is 0.805. The number of hydrogen-bond acceptors (Lipinski definition) is 2. The molecule has 0 aliphatic carbocycles. The highest BCUT2D eigenvalue weighted by Crippen LogP contribution is 2.29. The lowest BCUT2D eigenvalue weighted by Crippen LogP contribution is -2.18. The zero-order chi connectivity index (χ0) is 10.8. The van der Waals surface area contributed by atoms with Gasteiger partial charge in [0.1, 0.15) is 5.75 Å². The van der Waals surface area contributed by atoms with E-state index in [1.165, 1.54) is 25.1 Å². The van der Waals surface area contributed by atoms with E-state index >= 15 is 0 Å². The maximum Gasteiger partial charge on any atom is 0.573 e. The van der Waals surface area contributed by atoms with Crippen molar-refractivity contribution in [3.05, 3.63) is 29.8 Å². The second-order valence-electron chi connectivity index (χ2n) is 2.76. The summed E-state index contributed by atoms with van der Waals surface area (Å²) in [7, 11) is 0. The predicted octanol–water partition coefficient (Wildman–Crippen LogP) is 2.64. The van der Waals surface area contributed by atoms with E-state index in [1.807, 2.05) is 0 Å². The SMILES string of the molecule is C[C@H](O)c1ccccc1OC(F)(F)F. The van der Waals surface area contributed by atoms with Gasteiger partial charge in [0.05, 0.1) is 6.10 Å². The number of aliphatic hydroxyl groups is 1. The summed E-state index contributed by atoms with van der Waals surface area (Å²) in [5.74, 6) is -0.366. The minimum absolute atomic E-state index is 0.116. The van der Waals surface area contributed by atoms with Crippen molar-refractivity contribution < 1.29 is 23.0 Å². The fourth-order valence-corrected chi connectivity index (χ4v) is 1.04. The molecule has 14 heavy (non-hydrogen) atoms. The molecule has 2 nitrogen and oxygen atoms in total. The van der Waals surface area contributed by atoms with Gasteiger partial charge < -0.3 is 9.84 Å². The summed E-state index contributed by atoms with van der Waals surface area (Å²) >= 11 is 0. The molecule has 0 fully saturated rings. The van der Waals surface area contributed by atoms with Crippen LogP contribution < -0.4 is 4.74 Å². The summed E-state index contributed by atoms with van der Waals surface area (Å²) in [5.41, 5.74) is 0.116. The Morgan fingerprint density at radius 2 is 1.86 bits per heavy atom. The number of rotatable bonds is 2. The Kier molecular flexibility index (Phi) is 3.00. The highest BCUT2D eigenvalue weighted by Gasteiger charge is 2.32. The number of para-hydroxylation sites is 1. The minimum Gasteiger partial charge on any atom is -0.405 e. The van der Waals surface area contributed by atoms with Crippen molar-refractivity contribution in [2.75, 3.05) is 0 Å². The Labute approximate surface area is 78.9 Å². The molecule has 1 rings (SSSR count). The van der Waals surface area contributed by atoms with Crippen molar-refractivity contribution >= 4 is 0 Å². The molecule has 0 aliphatic rings. The van der Waals surface area contributed by atoms with Gasteiger partial charge >= 0.3 is 6.36 Å². The highest BCUT2D eigenvalue weighted by atomic mass is 19.4. The molecule has 5 heteroatoms. The molecule has 1 N–H and O–H groups in total. The highest BCUT2D eigenvalue weighted by molar-refractivity contribution is 5.34. The molecule has 1 aromatic rings. The maximum absolute atomic E-state index is 11.9. The Morgan fingerprint density at radius 3 is 2.36 bits per heavy atom. The molecule has 0 amide bonds. The third-order valence-electron chi connectivity index (χ3n) is 1.59. The van der Waals surface area contributed by atoms with E-state index in [1.54, 1.807) is 0 Å². The smallest absolute Gasteiger partial charge is 0.405 e. The van der Waals surface area contributed by atoms with Gasteiger partial charge in [-0.15, -0.1) is 13.2 Å². The van der Waals surface area contributed by atoms with Crippen LogP contribution in [0.5, 0.6) is 5.75 Å². The van der Waals surface area contributed by atoms with Crippen molar-refractivity contribution in [1.82, 2.24) is 0 Å². The van der Waals surface area contributed by atoms with Gasteiger partial charge in [0.15, 0.2) is 0 Å². The van der Waals surface area contributed by atoms with Crippen molar-refractivity contribution in [2.24, 2.45) is 0 Å². The third-order valence-corrected chi connectivity index (χ3v) is 1.59.